The summed E-state index contributed by atoms with van der Waals surface area (Å²) >= 11 is 1.59. The van der Waals surface area contributed by atoms with Crippen molar-refractivity contribution in [1.29, 1.82) is 0 Å². The number of carbonyl (C=O) groups excluding carboxylic acids is 1. The highest BCUT2D eigenvalue weighted by atomic mass is 32.1. The van der Waals surface area contributed by atoms with Crippen LogP contribution in [0.15, 0.2) is 66.1 Å². The minimum Gasteiger partial charge on any atom is -0.397 e. The van der Waals surface area contributed by atoms with Gasteiger partial charge < -0.3 is 20.8 Å². The van der Waals surface area contributed by atoms with Crippen molar-refractivity contribution in [3.8, 4) is 10.4 Å². The van der Waals surface area contributed by atoms with Crippen molar-refractivity contribution in [2.75, 3.05) is 11.1 Å². The number of hydrogen-bond donors (Lipinski definition) is 4. The predicted octanol–water partition coefficient (Wildman–Crippen LogP) is 3.45. The molecular formula is C19H17N2O4PS. The number of carbonyl (C=O) groups is 1. The molecule has 3 rings (SSSR count). The van der Waals surface area contributed by atoms with E-state index in [0.29, 0.717) is 16.9 Å². The third kappa shape index (κ3) is 4.93. The van der Waals surface area contributed by atoms with E-state index in [-0.39, 0.29) is 5.30 Å². The van der Waals surface area contributed by atoms with Gasteiger partial charge in [-0.1, -0.05) is 24.3 Å². The van der Waals surface area contributed by atoms with E-state index >= 15 is 0 Å². The number of rotatable bonds is 5. The van der Waals surface area contributed by atoms with Crippen LogP contribution in [0.1, 0.15) is 5.56 Å². The first-order valence-corrected chi connectivity index (χ1v) is 10.4. The minimum atomic E-state index is -4.33. The van der Waals surface area contributed by atoms with E-state index in [1.54, 1.807) is 29.5 Å². The zero-order valence-electron chi connectivity index (χ0n) is 14.1. The van der Waals surface area contributed by atoms with E-state index < -0.39 is 13.5 Å². The zero-order valence-corrected chi connectivity index (χ0v) is 15.8. The van der Waals surface area contributed by atoms with Gasteiger partial charge in [0.2, 0.25) is 5.91 Å². The van der Waals surface area contributed by atoms with Crippen LogP contribution < -0.4 is 16.4 Å². The van der Waals surface area contributed by atoms with E-state index in [0.717, 1.165) is 10.4 Å². The molecular weight excluding hydrogens is 383 g/mol. The number of amides is 1. The maximum atomic E-state index is 12.2. The first-order chi connectivity index (χ1) is 12.8. The largest absolute Gasteiger partial charge is 0.397 e. The lowest BCUT2D eigenvalue weighted by molar-refractivity contribution is -0.111. The summed E-state index contributed by atoms with van der Waals surface area (Å²) in [5.41, 5.74) is 8.35. The van der Waals surface area contributed by atoms with Gasteiger partial charge in [-0.25, -0.2) is 0 Å². The van der Waals surface area contributed by atoms with Crippen LogP contribution in [0.4, 0.5) is 11.4 Å². The Morgan fingerprint density at radius 3 is 2.63 bits per heavy atom. The van der Waals surface area contributed by atoms with E-state index in [1.807, 2.05) is 23.6 Å². The van der Waals surface area contributed by atoms with Crippen LogP contribution >= 0.6 is 18.9 Å². The molecule has 2 aromatic carbocycles. The van der Waals surface area contributed by atoms with Gasteiger partial charge in [0.25, 0.3) is 0 Å². The Labute approximate surface area is 160 Å². The summed E-state index contributed by atoms with van der Waals surface area (Å²) < 4.78 is 11.3. The highest BCUT2D eigenvalue weighted by molar-refractivity contribution is 7.60. The average Bonchev–Trinajstić information content (AvgIpc) is 3.16. The molecule has 0 aliphatic rings. The molecule has 0 saturated heterocycles. The summed E-state index contributed by atoms with van der Waals surface area (Å²) in [5, 5.41) is 4.60. The second-order valence-electron chi connectivity index (χ2n) is 5.74. The fraction of sp³-hybridized carbons (Fsp3) is 0. The first kappa shape index (κ1) is 19.1. The molecule has 0 saturated carbocycles. The van der Waals surface area contributed by atoms with Gasteiger partial charge in [-0.05, 0) is 52.9 Å². The predicted molar refractivity (Wildman–Crippen MR) is 110 cm³/mol. The smallest absolute Gasteiger partial charge is 0.356 e. The number of nitrogens with one attached hydrogen (secondary N) is 1. The molecule has 0 fully saturated rings. The third-order valence-electron chi connectivity index (χ3n) is 3.75. The first-order valence-electron chi connectivity index (χ1n) is 7.91. The van der Waals surface area contributed by atoms with Gasteiger partial charge in [-0.3, -0.25) is 9.36 Å². The second kappa shape index (κ2) is 7.90. The molecule has 1 aromatic heterocycles. The van der Waals surface area contributed by atoms with Crippen molar-refractivity contribution in [3.05, 3.63) is 71.6 Å². The summed E-state index contributed by atoms with van der Waals surface area (Å²) in [6, 6.07) is 15.2. The Morgan fingerprint density at radius 1 is 1.11 bits per heavy atom. The molecule has 8 heteroatoms. The molecule has 1 heterocycles. The maximum absolute atomic E-state index is 12.2. The van der Waals surface area contributed by atoms with E-state index in [4.69, 9.17) is 5.73 Å². The van der Waals surface area contributed by atoms with Gasteiger partial charge in [0.1, 0.15) is 0 Å². The number of thiophene rings is 1. The van der Waals surface area contributed by atoms with Gasteiger partial charge in [0, 0.05) is 11.0 Å². The van der Waals surface area contributed by atoms with Gasteiger partial charge in [-0.15, -0.1) is 11.3 Å². The fourth-order valence-electron chi connectivity index (χ4n) is 2.42. The zero-order chi connectivity index (χ0) is 19.4. The monoisotopic (exact) mass is 400 g/mol. The van der Waals surface area contributed by atoms with Crippen molar-refractivity contribution in [2.24, 2.45) is 0 Å². The van der Waals surface area contributed by atoms with Crippen molar-refractivity contribution >= 4 is 47.6 Å². The van der Waals surface area contributed by atoms with Gasteiger partial charge in [0.15, 0.2) is 0 Å². The van der Waals surface area contributed by atoms with E-state index in [2.05, 4.69) is 5.32 Å². The average molecular weight is 400 g/mol. The Morgan fingerprint density at radius 2 is 1.93 bits per heavy atom. The van der Waals surface area contributed by atoms with E-state index in [1.165, 1.54) is 30.4 Å². The van der Waals surface area contributed by atoms with Crippen LogP contribution in [-0.4, -0.2) is 15.7 Å². The molecule has 0 bridgehead atoms. The van der Waals surface area contributed by atoms with Crippen molar-refractivity contribution in [3.63, 3.8) is 0 Å². The molecule has 0 aliphatic heterocycles. The van der Waals surface area contributed by atoms with Crippen LogP contribution in [0.2, 0.25) is 0 Å². The van der Waals surface area contributed by atoms with Crippen molar-refractivity contribution in [2.45, 2.75) is 0 Å². The lowest BCUT2D eigenvalue weighted by atomic mass is 10.1. The number of nitrogens with two attached hydrogens (primary N) is 1. The highest BCUT2D eigenvalue weighted by Gasteiger charge is 2.16. The summed E-state index contributed by atoms with van der Waals surface area (Å²) in [7, 11) is -4.33. The lowest BCUT2D eigenvalue weighted by Crippen LogP contribution is -2.10. The molecule has 3 aromatic rings. The summed E-state index contributed by atoms with van der Waals surface area (Å²) in [6.45, 7) is 0. The molecule has 1 amide bonds. The quantitative estimate of drug-likeness (QED) is 0.298. The SMILES string of the molecule is Nc1ccc(-c2cccs2)cc1NC(=O)/C=C/c1cccc(P(=O)(O)O)c1. The second-order valence-corrected chi connectivity index (χ2v) is 8.29. The summed E-state index contributed by atoms with van der Waals surface area (Å²) in [4.78, 5) is 31.7. The number of nitrogen functional groups attached to an aromatic ring is 1. The Balaban J connectivity index is 1.75. The summed E-state index contributed by atoms with van der Waals surface area (Å²) in [5.74, 6) is -0.397. The van der Waals surface area contributed by atoms with Crippen LogP contribution in [0.5, 0.6) is 0 Å². The summed E-state index contributed by atoms with van der Waals surface area (Å²) in [6.07, 6.45) is 2.77. The van der Waals surface area contributed by atoms with Crippen LogP contribution in [-0.2, 0) is 9.36 Å². The Hall–Kier alpha value is -2.70. The van der Waals surface area contributed by atoms with Crippen LogP contribution in [0.3, 0.4) is 0 Å². The fourth-order valence-corrected chi connectivity index (χ4v) is 3.74. The molecule has 0 spiro atoms. The van der Waals surface area contributed by atoms with Gasteiger partial charge >= 0.3 is 7.60 Å². The molecule has 27 heavy (non-hydrogen) atoms. The topological polar surface area (TPSA) is 113 Å². The Bertz CT molecular complexity index is 1040. The Kier molecular flexibility index (Phi) is 5.58. The third-order valence-corrected chi connectivity index (χ3v) is 5.62. The molecule has 0 aliphatic carbocycles. The number of hydrogen-bond acceptors (Lipinski definition) is 4. The standard InChI is InChI=1S/C19H17N2O4PS/c20-16-8-7-14(18-5-2-10-27-18)12-17(16)21-19(22)9-6-13-3-1-4-15(11-13)26(23,24)25/h1-12H,20H2,(H,21,22)(H2,23,24,25)/b9-6+. The molecule has 0 unspecified atom stereocenters. The molecule has 6 nitrogen and oxygen atoms in total. The van der Waals surface area contributed by atoms with Gasteiger partial charge in [0.05, 0.1) is 16.7 Å². The minimum absolute atomic E-state index is 0.0991. The normalized spacial score (nSPS) is 11.6. The van der Waals surface area contributed by atoms with Crippen molar-refractivity contribution < 1.29 is 19.1 Å². The molecule has 5 N–H and O–H groups in total. The van der Waals surface area contributed by atoms with E-state index in [9.17, 15) is 19.1 Å². The lowest BCUT2D eigenvalue weighted by Gasteiger charge is -2.08. The van der Waals surface area contributed by atoms with Crippen LogP contribution in [0.25, 0.3) is 16.5 Å². The number of benzene rings is 2. The molecule has 0 atom stereocenters. The molecule has 0 radical (unpaired) electrons. The van der Waals surface area contributed by atoms with Gasteiger partial charge in [-0.2, -0.15) is 0 Å². The number of anilines is 2. The van der Waals surface area contributed by atoms with Crippen molar-refractivity contribution in [1.82, 2.24) is 0 Å². The maximum Gasteiger partial charge on any atom is 0.356 e. The molecule has 138 valence electrons. The highest BCUT2D eigenvalue weighted by Crippen LogP contribution is 2.33. The van der Waals surface area contributed by atoms with Crippen LogP contribution in [0, 0.1) is 0 Å².